The van der Waals surface area contributed by atoms with Crippen molar-refractivity contribution in [3.8, 4) is 0 Å². The molecule has 5 heteroatoms. The Labute approximate surface area is 124 Å². The van der Waals surface area contributed by atoms with Crippen molar-refractivity contribution in [2.24, 2.45) is 0 Å². The molecule has 0 saturated carbocycles. The fourth-order valence-electron chi connectivity index (χ4n) is 2.09. The van der Waals surface area contributed by atoms with E-state index in [1.807, 2.05) is 13.0 Å². The predicted octanol–water partition coefficient (Wildman–Crippen LogP) is 3.25. The summed E-state index contributed by atoms with van der Waals surface area (Å²) in [6, 6.07) is 1.10. The average molecular weight is 297 g/mol. The van der Waals surface area contributed by atoms with Crippen LogP contribution in [0.2, 0.25) is 0 Å². The lowest BCUT2D eigenvalue weighted by Crippen LogP contribution is -2.40. The number of hydrogen-bond acceptors (Lipinski definition) is 3. The van der Waals surface area contributed by atoms with Gasteiger partial charge in [0.1, 0.15) is 6.04 Å². The van der Waals surface area contributed by atoms with E-state index >= 15 is 0 Å². The van der Waals surface area contributed by atoms with Crippen molar-refractivity contribution in [3.63, 3.8) is 0 Å². The van der Waals surface area contributed by atoms with E-state index in [2.05, 4.69) is 19.2 Å². The van der Waals surface area contributed by atoms with Crippen LogP contribution in [0.3, 0.4) is 0 Å². The number of hydrogen-bond donors (Lipinski definition) is 2. The van der Waals surface area contributed by atoms with Crippen molar-refractivity contribution in [3.05, 3.63) is 21.4 Å². The number of rotatable bonds is 8. The molecule has 112 valence electrons. The second-order valence-corrected chi connectivity index (χ2v) is 5.95. The maximum absolute atomic E-state index is 12.2. The lowest BCUT2D eigenvalue weighted by atomic mass is 10.1. The number of carboxylic acids is 1. The number of amides is 1. The third-order valence-corrected chi connectivity index (χ3v) is 4.40. The van der Waals surface area contributed by atoms with Crippen LogP contribution in [-0.4, -0.2) is 23.0 Å². The first-order valence-electron chi connectivity index (χ1n) is 7.18. The van der Waals surface area contributed by atoms with Gasteiger partial charge in [0.2, 0.25) is 0 Å². The quantitative estimate of drug-likeness (QED) is 0.774. The van der Waals surface area contributed by atoms with Crippen LogP contribution in [0.25, 0.3) is 0 Å². The van der Waals surface area contributed by atoms with Gasteiger partial charge >= 0.3 is 5.97 Å². The smallest absolute Gasteiger partial charge is 0.326 e. The molecule has 0 aromatic carbocycles. The van der Waals surface area contributed by atoms with Crippen LogP contribution in [0, 0.1) is 0 Å². The monoisotopic (exact) mass is 297 g/mol. The molecular weight excluding hydrogens is 274 g/mol. The van der Waals surface area contributed by atoms with Gasteiger partial charge in [0.15, 0.2) is 0 Å². The highest BCUT2D eigenvalue weighted by Gasteiger charge is 2.21. The lowest BCUT2D eigenvalue weighted by molar-refractivity contribution is -0.139. The molecule has 4 nitrogen and oxygen atoms in total. The first-order chi connectivity index (χ1) is 9.53. The molecule has 1 aromatic rings. The largest absolute Gasteiger partial charge is 0.480 e. The molecule has 0 aliphatic heterocycles. The van der Waals surface area contributed by atoms with Crippen LogP contribution < -0.4 is 5.32 Å². The van der Waals surface area contributed by atoms with Crippen molar-refractivity contribution in [1.29, 1.82) is 0 Å². The molecule has 0 aliphatic rings. The Bertz CT molecular complexity index is 468. The average Bonchev–Trinajstić information content (AvgIpc) is 2.81. The number of nitrogens with one attached hydrogen (secondary N) is 1. The van der Waals surface area contributed by atoms with Gasteiger partial charge in [-0.25, -0.2) is 4.79 Å². The van der Waals surface area contributed by atoms with Gasteiger partial charge in [-0.3, -0.25) is 4.79 Å². The van der Waals surface area contributed by atoms with Crippen LogP contribution in [0.15, 0.2) is 6.07 Å². The van der Waals surface area contributed by atoms with Crippen LogP contribution in [-0.2, 0) is 17.6 Å². The molecule has 1 atom stereocenters. The molecule has 0 radical (unpaired) electrons. The van der Waals surface area contributed by atoms with Gasteiger partial charge in [-0.1, -0.05) is 33.6 Å². The Hall–Kier alpha value is -1.36. The van der Waals surface area contributed by atoms with E-state index in [4.69, 9.17) is 5.11 Å². The standard InChI is InChI=1S/C15H23NO3S/c1-4-7-11(15(18)19)16-14(17)13-9-10(6-3)12(20-13)8-5-2/h9,11H,4-8H2,1-3H3,(H,16,17)(H,18,19). The summed E-state index contributed by atoms with van der Waals surface area (Å²) >= 11 is 1.48. The third-order valence-electron chi connectivity index (χ3n) is 3.16. The molecule has 1 amide bonds. The normalized spacial score (nSPS) is 12.2. The minimum atomic E-state index is -0.971. The van der Waals surface area contributed by atoms with Crippen molar-refractivity contribution in [1.82, 2.24) is 5.32 Å². The highest BCUT2D eigenvalue weighted by molar-refractivity contribution is 7.14. The van der Waals surface area contributed by atoms with E-state index in [-0.39, 0.29) is 5.91 Å². The first kappa shape index (κ1) is 16.7. The van der Waals surface area contributed by atoms with Crippen LogP contribution >= 0.6 is 11.3 Å². The summed E-state index contributed by atoms with van der Waals surface area (Å²) in [5, 5.41) is 11.7. The minimum absolute atomic E-state index is 0.270. The van der Waals surface area contributed by atoms with Gasteiger partial charge in [0.05, 0.1) is 4.88 Å². The maximum Gasteiger partial charge on any atom is 0.326 e. The fourth-order valence-corrected chi connectivity index (χ4v) is 3.35. The molecule has 0 aliphatic carbocycles. The van der Waals surface area contributed by atoms with Crippen LogP contribution in [0.4, 0.5) is 0 Å². The van der Waals surface area contributed by atoms with E-state index < -0.39 is 12.0 Å². The van der Waals surface area contributed by atoms with Crippen molar-refractivity contribution in [2.45, 2.75) is 58.9 Å². The highest BCUT2D eigenvalue weighted by Crippen LogP contribution is 2.24. The Morgan fingerprint density at radius 2 is 2.00 bits per heavy atom. The van der Waals surface area contributed by atoms with Crippen molar-refractivity contribution >= 4 is 23.2 Å². The SMILES string of the molecule is CCCc1sc(C(=O)NC(CCC)C(=O)O)cc1CC. The molecule has 1 unspecified atom stereocenters. The first-order valence-corrected chi connectivity index (χ1v) is 8.00. The zero-order chi connectivity index (χ0) is 15.1. The zero-order valence-corrected chi connectivity index (χ0v) is 13.2. The molecule has 2 N–H and O–H groups in total. The Kier molecular flexibility index (Phi) is 6.71. The van der Waals surface area contributed by atoms with E-state index in [1.165, 1.54) is 21.8 Å². The van der Waals surface area contributed by atoms with E-state index in [0.717, 1.165) is 25.7 Å². The third kappa shape index (κ3) is 4.34. The fraction of sp³-hybridized carbons (Fsp3) is 0.600. The van der Waals surface area contributed by atoms with Gasteiger partial charge in [-0.05, 0) is 30.9 Å². The Morgan fingerprint density at radius 3 is 2.50 bits per heavy atom. The van der Waals surface area contributed by atoms with Crippen molar-refractivity contribution < 1.29 is 14.7 Å². The molecule has 1 aromatic heterocycles. The van der Waals surface area contributed by atoms with Gasteiger partial charge in [-0.15, -0.1) is 11.3 Å². The van der Waals surface area contributed by atoms with Crippen LogP contribution in [0.5, 0.6) is 0 Å². The topological polar surface area (TPSA) is 66.4 Å². The van der Waals surface area contributed by atoms with E-state index in [0.29, 0.717) is 11.3 Å². The predicted molar refractivity (Wildman–Crippen MR) is 81.5 cm³/mol. The number of carboxylic acid groups (broad SMARTS) is 1. The molecule has 0 bridgehead atoms. The summed E-state index contributed by atoms with van der Waals surface area (Å²) < 4.78 is 0. The lowest BCUT2D eigenvalue weighted by Gasteiger charge is -2.12. The maximum atomic E-state index is 12.2. The molecular formula is C15H23NO3S. The van der Waals surface area contributed by atoms with E-state index in [9.17, 15) is 9.59 Å². The summed E-state index contributed by atoms with van der Waals surface area (Å²) in [6.45, 7) is 6.09. The highest BCUT2D eigenvalue weighted by atomic mass is 32.1. The molecule has 0 saturated heterocycles. The molecule has 0 spiro atoms. The summed E-state index contributed by atoms with van der Waals surface area (Å²) in [6.07, 6.45) is 4.09. The van der Waals surface area contributed by atoms with Crippen LogP contribution in [0.1, 0.15) is 60.1 Å². The summed E-state index contributed by atoms with van der Waals surface area (Å²) in [5.74, 6) is -1.24. The summed E-state index contributed by atoms with van der Waals surface area (Å²) in [7, 11) is 0. The van der Waals surface area contributed by atoms with Gasteiger partial charge in [-0.2, -0.15) is 0 Å². The second kappa shape index (κ2) is 8.04. The Balaban J connectivity index is 2.83. The Morgan fingerprint density at radius 1 is 1.30 bits per heavy atom. The second-order valence-electron chi connectivity index (χ2n) is 4.82. The number of aliphatic carboxylic acids is 1. The number of thiophene rings is 1. The minimum Gasteiger partial charge on any atom is -0.480 e. The number of carbonyl (C=O) groups excluding carboxylic acids is 1. The number of aryl methyl sites for hydroxylation is 2. The van der Waals surface area contributed by atoms with Gasteiger partial charge < -0.3 is 10.4 Å². The molecule has 20 heavy (non-hydrogen) atoms. The summed E-state index contributed by atoms with van der Waals surface area (Å²) in [5.41, 5.74) is 1.20. The van der Waals surface area contributed by atoms with Gasteiger partial charge in [0.25, 0.3) is 5.91 Å². The van der Waals surface area contributed by atoms with Crippen molar-refractivity contribution in [2.75, 3.05) is 0 Å². The van der Waals surface area contributed by atoms with Gasteiger partial charge in [0, 0.05) is 4.88 Å². The molecule has 0 fully saturated rings. The summed E-state index contributed by atoms with van der Waals surface area (Å²) in [4.78, 5) is 25.1. The zero-order valence-electron chi connectivity index (χ0n) is 12.4. The number of carbonyl (C=O) groups is 2. The van der Waals surface area contributed by atoms with E-state index in [1.54, 1.807) is 0 Å². The molecule has 1 rings (SSSR count). The molecule has 1 heterocycles.